The maximum absolute atomic E-state index is 13.5. The van der Waals surface area contributed by atoms with Crippen LogP contribution in [0, 0.1) is 13.8 Å². The van der Waals surface area contributed by atoms with Crippen LogP contribution in [0.4, 0.5) is 17.6 Å². The highest BCUT2D eigenvalue weighted by atomic mass is 16.5. The van der Waals surface area contributed by atoms with E-state index in [0.717, 1.165) is 30.5 Å². The van der Waals surface area contributed by atoms with Crippen molar-refractivity contribution in [2.75, 3.05) is 50.3 Å². The highest BCUT2D eigenvalue weighted by Gasteiger charge is 2.22. The first kappa shape index (κ1) is 52.4. The van der Waals surface area contributed by atoms with Crippen LogP contribution in [0.5, 0.6) is 11.5 Å². The molecule has 0 unspecified atom stereocenters. The summed E-state index contributed by atoms with van der Waals surface area (Å²) in [5, 5.41) is 30.6. The lowest BCUT2D eigenvalue weighted by atomic mass is 10.1. The van der Waals surface area contributed by atoms with E-state index in [9.17, 15) is 24.0 Å². The molecule has 0 aliphatic heterocycles. The number of benzene rings is 2. The molecule has 0 atom stereocenters. The molecule has 0 saturated heterocycles. The molecule has 370 valence electrons. The van der Waals surface area contributed by atoms with Crippen LogP contribution in [0.3, 0.4) is 0 Å². The van der Waals surface area contributed by atoms with Crippen molar-refractivity contribution in [2.45, 2.75) is 66.8 Å². The Bertz CT molecular complexity index is 3010. The number of ether oxygens (including phenoxy) is 2. The summed E-state index contributed by atoms with van der Waals surface area (Å²) in [6.07, 6.45) is 12.5. The van der Waals surface area contributed by atoms with Crippen LogP contribution in [-0.2, 0) is 37.5 Å². The molecule has 23 heteroatoms. The predicted octanol–water partition coefficient (Wildman–Crippen LogP) is 4.70. The molecule has 0 bridgehead atoms. The number of hydrogen-bond acceptors (Lipinski definition) is 15. The summed E-state index contributed by atoms with van der Waals surface area (Å²) in [6.45, 7) is 10.3. The molecule has 7 rings (SSSR count). The number of carbonyl (C=O) groups excluding carboxylic acids is 4. The first-order valence-corrected chi connectivity index (χ1v) is 22.2. The van der Waals surface area contributed by atoms with Gasteiger partial charge in [-0.2, -0.15) is 15.3 Å². The van der Waals surface area contributed by atoms with E-state index < -0.39 is 17.8 Å². The van der Waals surface area contributed by atoms with Crippen molar-refractivity contribution < 1.29 is 38.6 Å². The van der Waals surface area contributed by atoms with Gasteiger partial charge in [0.2, 0.25) is 17.8 Å². The minimum Gasteiger partial charge on any atom is -0.494 e. The Labute approximate surface area is 403 Å². The van der Waals surface area contributed by atoms with Crippen molar-refractivity contribution >= 4 is 70.0 Å². The molecule has 2 aromatic carbocycles. The number of hydrogen-bond donors (Lipinski definition) is 6. The monoisotopic (exact) mass is 961 g/mol. The molecule has 5 heterocycles. The second-order valence-corrected chi connectivity index (χ2v) is 15.1. The Morgan fingerprint density at radius 3 is 2.07 bits per heavy atom. The van der Waals surface area contributed by atoms with Gasteiger partial charge in [-0.25, -0.2) is 9.97 Å². The van der Waals surface area contributed by atoms with Gasteiger partial charge >= 0.3 is 5.97 Å². The van der Waals surface area contributed by atoms with Crippen molar-refractivity contribution in [3.63, 3.8) is 0 Å². The Morgan fingerprint density at radius 2 is 1.44 bits per heavy atom. The molecule has 0 spiro atoms. The molecule has 0 aliphatic rings. The molecular formula is C47H59N15O8. The number of aldehydes is 2. The number of nitrogens with two attached hydrogens (primary N) is 2. The first-order chi connectivity index (χ1) is 33.8. The van der Waals surface area contributed by atoms with Gasteiger partial charge in [-0.15, -0.1) is 0 Å². The SMILES string of the molecule is CCn1nc(C)cc1C(=O)Nc1nc2cc(C(N)=O)cc(OC)c2n1C/C=C/Cn1c(NC)nc2cc(C=O)cc(OC/C=C/Cn3cc(NCCC(=O)O)cn3)c21.CCn1nc(C)cc1C=O.CN. The van der Waals surface area contributed by atoms with E-state index in [-0.39, 0.29) is 31.1 Å². The molecule has 0 fully saturated rings. The Hall–Kier alpha value is -8.60. The number of nitrogens with one attached hydrogen (secondary N) is 3. The van der Waals surface area contributed by atoms with E-state index in [1.165, 1.54) is 20.2 Å². The van der Waals surface area contributed by atoms with E-state index in [2.05, 4.69) is 42.0 Å². The van der Waals surface area contributed by atoms with Gasteiger partial charge in [0.15, 0.2) is 6.29 Å². The van der Waals surface area contributed by atoms with Crippen LogP contribution >= 0.6 is 0 Å². The topological polar surface area (TPSA) is 301 Å². The summed E-state index contributed by atoms with van der Waals surface area (Å²) >= 11 is 0. The number of anilines is 3. The fraction of sp³-hybridized carbons (Fsp3) is 0.319. The van der Waals surface area contributed by atoms with Gasteiger partial charge in [0.05, 0.1) is 54.4 Å². The lowest BCUT2D eigenvalue weighted by Crippen LogP contribution is -2.20. The second-order valence-electron chi connectivity index (χ2n) is 15.1. The zero-order chi connectivity index (χ0) is 50.9. The van der Waals surface area contributed by atoms with Gasteiger partial charge in [0.25, 0.3) is 5.91 Å². The fourth-order valence-corrected chi connectivity index (χ4v) is 7.26. The predicted molar refractivity (Wildman–Crippen MR) is 265 cm³/mol. The number of carbonyl (C=O) groups is 5. The van der Waals surface area contributed by atoms with Crippen molar-refractivity contribution in [3.05, 3.63) is 107 Å². The van der Waals surface area contributed by atoms with Gasteiger partial charge in [-0.05, 0) is 77.2 Å². The summed E-state index contributed by atoms with van der Waals surface area (Å²) in [4.78, 5) is 68.0. The molecule has 2 amide bonds. The number of rotatable bonds is 22. The van der Waals surface area contributed by atoms with Gasteiger partial charge in [0.1, 0.15) is 46.8 Å². The summed E-state index contributed by atoms with van der Waals surface area (Å²) in [6, 6.07) is 9.91. The Balaban J connectivity index is 0.000000670. The number of primary amides is 1. The number of aromatic nitrogens is 10. The van der Waals surface area contributed by atoms with Crippen LogP contribution < -0.4 is 36.9 Å². The number of amides is 2. The van der Waals surface area contributed by atoms with E-state index in [1.807, 2.05) is 56.6 Å². The summed E-state index contributed by atoms with van der Waals surface area (Å²) in [5.74, 6) is -0.368. The number of allylic oxidation sites excluding steroid dienone is 3. The number of carboxylic acids is 1. The van der Waals surface area contributed by atoms with Crippen molar-refractivity contribution in [1.82, 2.24) is 48.4 Å². The molecule has 7 aromatic rings. The second kappa shape index (κ2) is 25.0. The molecule has 5 aromatic heterocycles. The quantitative estimate of drug-likeness (QED) is 0.0396. The lowest BCUT2D eigenvalue weighted by molar-refractivity contribution is -0.136. The van der Waals surface area contributed by atoms with Crippen molar-refractivity contribution in [2.24, 2.45) is 11.5 Å². The fourth-order valence-electron chi connectivity index (χ4n) is 7.26. The third kappa shape index (κ3) is 12.9. The van der Waals surface area contributed by atoms with E-state index >= 15 is 0 Å². The average Bonchev–Trinajstić information content (AvgIpc) is 4.20. The zero-order valence-electron chi connectivity index (χ0n) is 40.2. The molecular weight excluding hydrogens is 903 g/mol. The van der Waals surface area contributed by atoms with E-state index in [1.54, 1.807) is 68.4 Å². The van der Waals surface area contributed by atoms with E-state index in [4.69, 9.17) is 25.3 Å². The summed E-state index contributed by atoms with van der Waals surface area (Å²) in [5.41, 5.74) is 16.2. The van der Waals surface area contributed by atoms with Crippen LogP contribution in [0.1, 0.15) is 73.3 Å². The number of aliphatic carboxylic acids is 1. The first-order valence-electron chi connectivity index (χ1n) is 22.2. The number of nitrogens with zero attached hydrogens (tertiary/aromatic N) is 10. The van der Waals surface area contributed by atoms with Crippen LogP contribution in [0.2, 0.25) is 0 Å². The molecule has 0 radical (unpaired) electrons. The van der Waals surface area contributed by atoms with Gasteiger partial charge in [-0.1, -0.05) is 18.2 Å². The van der Waals surface area contributed by atoms with E-state index in [0.29, 0.717) is 88.3 Å². The molecule has 0 aliphatic carbocycles. The number of carboxylic acid groups (broad SMARTS) is 1. The van der Waals surface area contributed by atoms with Gasteiger partial charge < -0.3 is 45.8 Å². The van der Waals surface area contributed by atoms with Gasteiger partial charge in [-0.3, -0.25) is 43.3 Å². The lowest BCUT2D eigenvalue weighted by Gasteiger charge is -2.12. The number of methoxy groups -OCH3 is 1. The maximum Gasteiger partial charge on any atom is 0.305 e. The maximum atomic E-state index is 13.5. The largest absolute Gasteiger partial charge is 0.494 e. The van der Waals surface area contributed by atoms with Crippen LogP contribution in [0.15, 0.2) is 73.1 Å². The third-order valence-electron chi connectivity index (χ3n) is 10.4. The molecule has 23 nitrogen and oxygen atoms in total. The van der Waals surface area contributed by atoms with Crippen molar-refractivity contribution in [3.8, 4) is 11.5 Å². The highest BCUT2D eigenvalue weighted by molar-refractivity contribution is 6.04. The molecule has 70 heavy (non-hydrogen) atoms. The number of aryl methyl sites for hydroxylation is 4. The normalized spacial score (nSPS) is 11.0. The number of fused-ring (bicyclic) bond motifs is 2. The van der Waals surface area contributed by atoms with Crippen LogP contribution in [0.25, 0.3) is 22.1 Å². The van der Waals surface area contributed by atoms with Crippen molar-refractivity contribution in [1.29, 1.82) is 0 Å². The third-order valence-corrected chi connectivity index (χ3v) is 10.4. The number of imidazole rings is 2. The standard InChI is InChI=1S/C39H44N12O7.C7H10N2O.CH5N/c1-5-51-30(16-24(2)47-51)37(56)46-39-45-29-19-26(36(40)55)20-31(57-4)34(29)50(39)14-7-6-13-49-35-28(44-38(49)41-3)17-25(23-52)18-32(35)58-15-9-8-12-48-22-27(21-43-48)42-11-10-33(53)54;1-3-9-7(5-10)4-6(2)8-9;1-2/h6-9,16-23,42H,5,10-15H2,1-4H3,(H2,40,55)(H,41,44)(H,53,54)(H,45,46,56);4-5H,3H2,1-2H3;2H2,1H3/b7-6+,9-8+;;. The van der Waals surface area contributed by atoms with Crippen LogP contribution in [-0.4, -0.2) is 118 Å². The minimum absolute atomic E-state index is 0.00149. The van der Waals surface area contributed by atoms with Gasteiger partial charge in [0, 0.05) is 57.1 Å². The highest BCUT2D eigenvalue weighted by Crippen LogP contribution is 2.32. The smallest absolute Gasteiger partial charge is 0.305 e. The average molecular weight is 962 g/mol. The Morgan fingerprint density at radius 1 is 0.800 bits per heavy atom. The molecule has 0 saturated carbocycles. The summed E-state index contributed by atoms with van der Waals surface area (Å²) in [7, 11) is 4.72. The minimum atomic E-state index is -0.880. The summed E-state index contributed by atoms with van der Waals surface area (Å²) < 4.78 is 20.5. The Kier molecular flexibility index (Phi) is 18.7. The zero-order valence-corrected chi connectivity index (χ0v) is 40.2. The molecule has 8 N–H and O–H groups in total.